The molecular weight excluding hydrogens is 874 g/mol. The van der Waals surface area contributed by atoms with E-state index in [4.69, 9.17) is 44.9 Å². The predicted octanol–water partition coefficient (Wildman–Crippen LogP) is 2.09. The van der Waals surface area contributed by atoms with Crippen LogP contribution >= 0.6 is 0 Å². The van der Waals surface area contributed by atoms with Crippen molar-refractivity contribution in [2.24, 2.45) is 9.98 Å². The number of ether oxygens (including phenoxy) is 4. The van der Waals surface area contributed by atoms with Gasteiger partial charge in [0.2, 0.25) is 0 Å². The maximum atomic E-state index is 10.7. The Balaban J connectivity index is 0.00000122. The van der Waals surface area contributed by atoms with Crippen molar-refractivity contribution in [1.82, 2.24) is 4.90 Å². The van der Waals surface area contributed by atoms with Crippen LogP contribution in [-0.4, -0.2) is 186 Å². The molecule has 3 rings (SSSR count). The average Bonchev–Trinajstić information content (AvgIpc) is 2.99. The van der Waals surface area contributed by atoms with E-state index in [2.05, 4.69) is 14.9 Å². The minimum atomic E-state index is -6.09. The summed E-state index contributed by atoms with van der Waals surface area (Å²) in [6.45, 7) is 4.83. The number of alkyl halides is 6. The number of aromatic hydroxyl groups is 2. The third kappa shape index (κ3) is 20.0. The van der Waals surface area contributed by atoms with Crippen molar-refractivity contribution in [1.29, 1.82) is 0 Å². The van der Waals surface area contributed by atoms with Gasteiger partial charge in [-0.3, -0.25) is 9.98 Å². The summed E-state index contributed by atoms with van der Waals surface area (Å²) < 4.78 is 140. The monoisotopic (exact) mass is 907 g/mol. The number of hydrogen-bond donors (Lipinski definition) is 2. The van der Waals surface area contributed by atoms with Gasteiger partial charge in [0.1, 0.15) is 13.2 Å². The number of nitrogens with zero attached hydrogens (tertiary/aromatic N) is 3. The summed E-state index contributed by atoms with van der Waals surface area (Å²) in [5, 5.41) is 20.9. The molecule has 15 nitrogen and oxygen atoms in total. The van der Waals surface area contributed by atoms with Crippen LogP contribution in [-0.2, 0) is 29.7 Å². The molecule has 2 aromatic carbocycles. The van der Waals surface area contributed by atoms with Crippen molar-refractivity contribution < 1.29 is 81.4 Å². The summed E-state index contributed by atoms with van der Waals surface area (Å²) in [5.41, 5.74) is -10.1. The Kier molecular flexibility index (Phi) is 22.5. The molecule has 0 saturated heterocycles. The fraction of sp³-hybridized carbons (Fsp3) is 0.481. The van der Waals surface area contributed by atoms with Crippen molar-refractivity contribution in [3.63, 3.8) is 0 Å². The number of benzene rings is 2. The molecule has 0 amide bonds. The first-order chi connectivity index (χ1) is 23.1. The summed E-state index contributed by atoms with van der Waals surface area (Å²) in [7, 11) is -10.2. The molecule has 51 heavy (non-hydrogen) atoms. The van der Waals surface area contributed by atoms with Gasteiger partial charge in [-0.15, -0.1) is 0 Å². The Bertz CT molecular complexity index is 1500. The molecule has 0 radical (unpaired) electrons. The second-order valence-corrected chi connectivity index (χ2v) is 12.2. The molecule has 1 aliphatic rings. The molecule has 1 aliphatic heterocycles. The molecule has 24 heteroatoms. The fourth-order valence-corrected chi connectivity index (χ4v) is 3.16. The molecule has 0 unspecified atom stereocenters. The van der Waals surface area contributed by atoms with Crippen molar-refractivity contribution in [3.8, 4) is 23.0 Å². The van der Waals surface area contributed by atoms with Gasteiger partial charge in [0.15, 0.2) is 43.2 Å². The van der Waals surface area contributed by atoms with E-state index >= 15 is 0 Å². The van der Waals surface area contributed by atoms with Gasteiger partial charge in [-0.2, -0.15) is 26.3 Å². The van der Waals surface area contributed by atoms with Crippen LogP contribution < -0.4 is 9.47 Å². The minimum absolute atomic E-state index is 0. The number of hydrogen-bond acceptors (Lipinski definition) is 15. The summed E-state index contributed by atoms with van der Waals surface area (Å²) in [6.07, 6.45) is 3.31. The van der Waals surface area contributed by atoms with E-state index in [-0.39, 0.29) is 60.4 Å². The van der Waals surface area contributed by atoms with E-state index in [0.29, 0.717) is 75.4 Å². The topological polar surface area (TPSA) is 220 Å². The van der Waals surface area contributed by atoms with Crippen LogP contribution in [0.15, 0.2) is 46.4 Å². The van der Waals surface area contributed by atoms with Crippen LogP contribution in [0.25, 0.3) is 0 Å². The third-order valence-corrected chi connectivity index (χ3v) is 6.79. The van der Waals surface area contributed by atoms with Crippen LogP contribution in [0, 0.1) is 0 Å². The van der Waals surface area contributed by atoms with E-state index in [1.807, 2.05) is 19.2 Å². The first kappa shape index (κ1) is 48.8. The smallest absolute Gasteiger partial charge is 0.741 e. The Hall–Kier alpha value is -2.17. The molecule has 4 bridgehead atoms. The van der Waals surface area contributed by atoms with E-state index < -0.39 is 31.3 Å². The molecule has 1 heterocycles. The van der Waals surface area contributed by atoms with Crippen LogP contribution in [0.5, 0.6) is 23.0 Å². The average molecular weight is 907 g/mol. The number of fused-ring (bicyclic) bond motifs is 4. The van der Waals surface area contributed by atoms with Gasteiger partial charge >= 0.3 is 59.9 Å². The first-order valence-corrected chi connectivity index (χ1v) is 16.7. The van der Waals surface area contributed by atoms with Crippen molar-refractivity contribution in [2.45, 2.75) is 11.0 Å². The predicted molar refractivity (Wildman–Crippen MR) is 169 cm³/mol. The number of rotatable bonds is 0. The summed E-state index contributed by atoms with van der Waals surface area (Å²) in [6, 6.07) is 10.6. The van der Waals surface area contributed by atoms with Gasteiger partial charge in [-0.25, -0.2) is 16.8 Å². The summed E-state index contributed by atoms with van der Waals surface area (Å²) in [4.78, 5) is 11.0. The van der Waals surface area contributed by atoms with Crippen molar-refractivity contribution in [2.75, 3.05) is 72.9 Å². The van der Waals surface area contributed by atoms with Crippen molar-refractivity contribution in [3.05, 3.63) is 47.5 Å². The van der Waals surface area contributed by atoms with Gasteiger partial charge in [0.05, 0.1) is 39.5 Å². The number of halogens is 6. The normalized spacial score (nSPS) is 16.2. The van der Waals surface area contributed by atoms with Gasteiger partial charge in [0, 0.05) is 36.6 Å². The molecule has 284 valence electrons. The number of aliphatic imine (C=N–C) groups is 2. The second kappa shape index (κ2) is 23.5. The van der Waals surface area contributed by atoms with Crippen LogP contribution in [0.1, 0.15) is 11.1 Å². The maximum absolute atomic E-state index is 10.7. The Morgan fingerprint density at radius 3 is 1.29 bits per heavy atom. The quantitative estimate of drug-likeness (QED) is 0.168. The largest absolute Gasteiger partial charge is 2.00 e. The number of para-hydroxylation sites is 2. The third-order valence-electron chi connectivity index (χ3n) is 5.65. The van der Waals surface area contributed by atoms with Crippen LogP contribution in [0.4, 0.5) is 26.3 Å². The Labute approximate surface area is 329 Å². The standard InChI is InChI=1S/C25H33N3O6.2CHF3O3S.Ba/c1-28-10-8-26-18-20-4-2-6-22(24(20)29)33-16-14-31-12-13-32-15-17-34-23-7-3-5-21(25(23)30)19-27-9-11-28;2*2-1(3,4)8(5,6)7;/h2-7,18-19,29-30H,8-17H2,1H3;2*(H,5,6,7);/q;;;+2/p-2. The van der Waals surface area contributed by atoms with Gasteiger partial charge < -0.3 is 43.2 Å². The zero-order valence-corrected chi connectivity index (χ0v) is 32.9. The molecule has 0 saturated carbocycles. The van der Waals surface area contributed by atoms with E-state index in [1.165, 1.54) is 0 Å². The molecule has 0 aliphatic carbocycles. The summed E-state index contributed by atoms with van der Waals surface area (Å²) in [5.74, 6) is 0.922. The van der Waals surface area contributed by atoms with E-state index in [1.54, 1.807) is 36.7 Å². The number of phenols is 2. The van der Waals surface area contributed by atoms with Gasteiger partial charge in [-0.05, 0) is 31.3 Å². The molecule has 2 N–H and O–H groups in total. The fourth-order valence-electron chi connectivity index (χ4n) is 3.16. The van der Waals surface area contributed by atoms with Crippen LogP contribution in [0.2, 0.25) is 0 Å². The zero-order chi connectivity index (χ0) is 38.0. The van der Waals surface area contributed by atoms with E-state index in [0.717, 1.165) is 13.1 Å². The number of likely N-dealkylation sites (N-methyl/N-ethyl adjacent to an activating group) is 1. The zero-order valence-electron chi connectivity index (χ0n) is 26.8. The first-order valence-electron chi connectivity index (χ1n) is 13.9. The molecular formula is C27H33BaF6N3O12S2. The second-order valence-electron chi connectivity index (χ2n) is 9.48. The Morgan fingerprint density at radius 1 is 0.667 bits per heavy atom. The molecule has 0 fully saturated rings. The SMILES string of the molecule is CN1CCN=Cc2cccc(c2O)OCCOCCOCCOc2cccc(c2O)C=NCC1.O=S(=O)([O-])C(F)(F)F.O=S(=O)([O-])C(F)(F)F.[Ba+2]. The van der Waals surface area contributed by atoms with E-state index in [9.17, 15) is 36.6 Å². The van der Waals surface area contributed by atoms with Crippen molar-refractivity contribution >= 4 is 81.5 Å². The van der Waals surface area contributed by atoms with Gasteiger partial charge in [-0.1, -0.05) is 12.1 Å². The number of phenolic OH excluding ortho intramolecular Hbond substituents is 2. The molecule has 0 atom stereocenters. The molecule has 2 aromatic rings. The van der Waals surface area contributed by atoms with Gasteiger partial charge in [0.25, 0.3) is 0 Å². The minimum Gasteiger partial charge on any atom is -0.741 e. The molecule has 0 spiro atoms. The van der Waals surface area contributed by atoms with Crippen LogP contribution in [0.3, 0.4) is 0 Å². The summed E-state index contributed by atoms with van der Waals surface area (Å²) >= 11 is 0. The maximum Gasteiger partial charge on any atom is 2.00 e. The Morgan fingerprint density at radius 2 is 0.980 bits per heavy atom. The molecule has 0 aromatic heterocycles.